The summed E-state index contributed by atoms with van der Waals surface area (Å²) in [5.74, 6) is 0.333. The van der Waals surface area contributed by atoms with Crippen molar-refractivity contribution in [2.75, 3.05) is 7.11 Å². The van der Waals surface area contributed by atoms with Crippen LogP contribution in [0.1, 0.15) is 15.9 Å². The molecule has 2 aromatic carbocycles. The van der Waals surface area contributed by atoms with Gasteiger partial charge in [0, 0.05) is 10.6 Å². The van der Waals surface area contributed by atoms with Gasteiger partial charge in [-0.1, -0.05) is 29.8 Å². The van der Waals surface area contributed by atoms with E-state index in [1.54, 1.807) is 36.4 Å². The quantitative estimate of drug-likeness (QED) is 0.799. The van der Waals surface area contributed by atoms with Gasteiger partial charge in [0.25, 0.3) is 0 Å². The van der Waals surface area contributed by atoms with Crippen molar-refractivity contribution in [2.45, 2.75) is 6.61 Å². The Hall–Kier alpha value is -2.00. The summed E-state index contributed by atoms with van der Waals surface area (Å²) in [5.41, 5.74) is 1.29. The molecular weight excluding hydrogens is 264 g/mol. The molecule has 3 nitrogen and oxygen atoms in total. The number of methoxy groups -OCH3 is 1. The Labute approximate surface area is 116 Å². The molecule has 0 aromatic heterocycles. The van der Waals surface area contributed by atoms with Crippen molar-refractivity contribution in [3.63, 3.8) is 0 Å². The smallest absolute Gasteiger partial charge is 0.338 e. The van der Waals surface area contributed by atoms with Gasteiger partial charge in [0.05, 0.1) is 12.7 Å². The third kappa shape index (κ3) is 3.48. The van der Waals surface area contributed by atoms with E-state index in [0.29, 0.717) is 22.9 Å². The lowest BCUT2D eigenvalue weighted by molar-refractivity contribution is 0.0597. The molecule has 2 rings (SSSR count). The van der Waals surface area contributed by atoms with Crippen LogP contribution >= 0.6 is 11.6 Å². The number of rotatable bonds is 4. The third-order valence-electron chi connectivity index (χ3n) is 2.63. The van der Waals surface area contributed by atoms with Crippen LogP contribution < -0.4 is 4.74 Å². The van der Waals surface area contributed by atoms with Crippen LogP contribution in [0.15, 0.2) is 48.5 Å². The van der Waals surface area contributed by atoms with Gasteiger partial charge in [0.1, 0.15) is 12.4 Å². The van der Waals surface area contributed by atoms with E-state index in [-0.39, 0.29) is 5.97 Å². The summed E-state index contributed by atoms with van der Waals surface area (Å²) in [6.45, 7) is 0.299. The maximum atomic E-state index is 11.6. The van der Waals surface area contributed by atoms with Crippen molar-refractivity contribution in [3.8, 4) is 5.75 Å². The molecular formula is C15H13ClO3. The number of esters is 1. The zero-order chi connectivity index (χ0) is 13.7. The predicted molar refractivity (Wildman–Crippen MR) is 73.6 cm³/mol. The Morgan fingerprint density at radius 3 is 2.47 bits per heavy atom. The molecule has 0 saturated carbocycles. The average molecular weight is 277 g/mol. The lowest BCUT2D eigenvalue weighted by Crippen LogP contribution is -2.07. The first-order valence-corrected chi connectivity index (χ1v) is 6.13. The number of ether oxygens (including phenoxy) is 2. The normalized spacial score (nSPS) is 10.0. The van der Waals surface area contributed by atoms with Crippen LogP contribution in [0, 0.1) is 0 Å². The molecule has 0 N–H and O–H groups in total. The van der Waals surface area contributed by atoms with Gasteiger partial charge in [0.2, 0.25) is 0 Å². The zero-order valence-corrected chi connectivity index (χ0v) is 11.2. The highest BCUT2D eigenvalue weighted by Crippen LogP contribution is 2.18. The van der Waals surface area contributed by atoms with Gasteiger partial charge in [-0.3, -0.25) is 0 Å². The molecule has 0 aliphatic carbocycles. The van der Waals surface area contributed by atoms with Gasteiger partial charge in [-0.05, 0) is 30.3 Å². The van der Waals surface area contributed by atoms with E-state index >= 15 is 0 Å². The molecule has 98 valence electrons. The molecule has 0 saturated heterocycles. The zero-order valence-electron chi connectivity index (χ0n) is 10.4. The molecule has 0 bridgehead atoms. The maximum Gasteiger partial charge on any atom is 0.338 e. The molecule has 0 amide bonds. The molecule has 0 aliphatic rings. The van der Waals surface area contributed by atoms with Crippen LogP contribution in [0.3, 0.4) is 0 Å². The first kappa shape index (κ1) is 13.4. The number of carbonyl (C=O) groups is 1. The van der Waals surface area contributed by atoms with Gasteiger partial charge >= 0.3 is 5.97 Å². The number of carbonyl (C=O) groups excluding carboxylic acids is 1. The Bertz CT molecular complexity index is 564. The van der Waals surface area contributed by atoms with Crippen LogP contribution in [0.25, 0.3) is 0 Å². The highest BCUT2D eigenvalue weighted by atomic mass is 35.5. The minimum Gasteiger partial charge on any atom is -0.489 e. The van der Waals surface area contributed by atoms with E-state index in [2.05, 4.69) is 0 Å². The monoisotopic (exact) mass is 276 g/mol. The van der Waals surface area contributed by atoms with E-state index in [9.17, 15) is 4.79 Å². The fourth-order valence-corrected chi connectivity index (χ4v) is 1.77. The summed E-state index contributed by atoms with van der Waals surface area (Å²) >= 11 is 5.80. The largest absolute Gasteiger partial charge is 0.489 e. The number of hydrogen-bond donors (Lipinski definition) is 0. The Balaban J connectivity index is 2.11. The van der Waals surface area contributed by atoms with Gasteiger partial charge in [-0.15, -0.1) is 0 Å². The summed E-state index contributed by atoms with van der Waals surface area (Å²) in [6, 6.07) is 14.3. The molecule has 0 spiro atoms. The maximum absolute atomic E-state index is 11.6. The fraction of sp³-hybridized carbons (Fsp3) is 0.133. The summed E-state index contributed by atoms with van der Waals surface area (Å²) in [4.78, 5) is 11.6. The number of halogens is 1. The van der Waals surface area contributed by atoms with Crippen LogP contribution in [0.4, 0.5) is 0 Å². The van der Waals surface area contributed by atoms with Crippen molar-refractivity contribution in [1.82, 2.24) is 0 Å². The Morgan fingerprint density at radius 1 is 1.11 bits per heavy atom. The van der Waals surface area contributed by atoms with Crippen LogP contribution in [0.5, 0.6) is 5.75 Å². The Morgan fingerprint density at radius 2 is 1.79 bits per heavy atom. The van der Waals surface area contributed by atoms with Crippen molar-refractivity contribution < 1.29 is 14.3 Å². The standard InChI is InChI=1S/C15H13ClO3/c1-18-15(17)14-5-3-2-4-11(14)10-19-13-8-6-12(16)7-9-13/h2-9H,10H2,1H3. The van der Waals surface area contributed by atoms with Gasteiger partial charge < -0.3 is 9.47 Å². The van der Waals surface area contributed by atoms with Crippen LogP contribution in [-0.4, -0.2) is 13.1 Å². The molecule has 0 unspecified atom stereocenters. The van der Waals surface area contributed by atoms with Gasteiger partial charge in [0.15, 0.2) is 0 Å². The van der Waals surface area contributed by atoms with E-state index in [1.165, 1.54) is 7.11 Å². The fourth-order valence-electron chi connectivity index (χ4n) is 1.65. The molecule has 0 heterocycles. The molecule has 0 fully saturated rings. The lowest BCUT2D eigenvalue weighted by Gasteiger charge is -2.09. The van der Waals surface area contributed by atoms with Crippen LogP contribution in [0.2, 0.25) is 5.02 Å². The van der Waals surface area contributed by atoms with Crippen molar-refractivity contribution in [2.24, 2.45) is 0 Å². The molecule has 2 aromatic rings. The second-order valence-corrected chi connectivity index (χ2v) is 4.33. The molecule has 4 heteroatoms. The summed E-state index contributed by atoms with van der Waals surface area (Å²) in [5, 5.41) is 0.655. The predicted octanol–water partition coefficient (Wildman–Crippen LogP) is 3.71. The highest BCUT2D eigenvalue weighted by molar-refractivity contribution is 6.30. The van der Waals surface area contributed by atoms with Crippen molar-refractivity contribution >= 4 is 17.6 Å². The number of hydrogen-bond acceptors (Lipinski definition) is 3. The first-order valence-electron chi connectivity index (χ1n) is 5.75. The second kappa shape index (κ2) is 6.25. The topological polar surface area (TPSA) is 35.5 Å². The minimum atomic E-state index is -0.365. The molecule has 0 radical (unpaired) electrons. The van der Waals surface area contributed by atoms with Gasteiger partial charge in [-0.2, -0.15) is 0 Å². The lowest BCUT2D eigenvalue weighted by atomic mass is 10.1. The van der Waals surface area contributed by atoms with Crippen LogP contribution in [-0.2, 0) is 11.3 Å². The summed E-state index contributed by atoms with van der Waals surface area (Å²) in [6.07, 6.45) is 0. The van der Waals surface area contributed by atoms with Crippen molar-refractivity contribution in [1.29, 1.82) is 0 Å². The average Bonchev–Trinajstić information content (AvgIpc) is 2.46. The third-order valence-corrected chi connectivity index (χ3v) is 2.88. The van der Waals surface area contributed by atoms with E-state index < -0.39 is 0 Å². The molecule has 19 heavy (non-hydrogen) atoms. The summed E-state index contributed by atoms with van der Waals surface area (Å²) < 4.78 is 10.3. The number of benzene rings is 2. The van der Waals surface area contributed by atoms with E-state index in [1.807, 2.05) is 12.1 Å². The SMILES string of the molecule is COC(=O)c1ccccc1COc1ccc(Cl)cc1. The van der Waals surface area contributed by atoms with Gasteiger partial charge in [-0.25, -0.2) is 4.79 Å². The highest BCUT2D eigenvalue weighted by Gasteiger charge is 2.11. The van der Waals surface area contributed by atoms with E-state index in [4.69, 9.17) is 21.1 Å². The second-order valence-electron chi connectivity index (χ2n) is 3.89. The summed E-state index contributed by atoms with van der Waals surface area (Å²) in [7, 11) is 1.36. The molecule has 0 aliphatic heterocycles. The minimum absolute atomic E-state index is 0.299. The van der Waals surface area contributed by atoms with E-state index in [0.717, 1.165) is 5.56 Å². The molecule has 0 atom stereocenters. The first-order chi connectivity index (χ1) is 9.20. The van der Waals surface area contributed by atoms with Crippen molar-refractivity contribution in [3.05, 3.63) is 64.7 Å². The Kier molecular flexibility index (Phi) is 4.42.